The molecule has 2 rings (SSSR count). The maximum Gasteiger partial charge on any atom is 0.160 e. The number of aromatic nitrogens is 4. The van der Waals surface area contributed by atoms with Gasteiger partial charge in [-0.3, -0.25) is 9.78 Å². The molecule has 5 nitrogen and oxygen atoms in total. The van der Waals surface area contributed by atoms with E-state index in [1.165, 1.54) is 11.6 Å². The van der Waals surface area contributed by atoms with Gasteiger partial charge in [0.25, 0.3) is 0 Å². The van der Waals surface area contributed by atoms with E-state index < -0.39 is 6.04 Å². The van der Waals surface area contributed by atoms with Crippen molar-refractivity contribution in [2.75, 3.05) is 0 Å². The Labute approximate surface area is 86.8 Å². The van der Waals surface area contributed by atoms with Crippen LogP contribution in [0.1, 0.15) is 18.7 Å². The Bertz CT molecular complexity index is 438. The lowest BCUT2D eigenvalue weighted by Crippen LogP contribution is -2.20. The number of hydrogen-bond acceptors (Lipinski definition) is 4. The molecule has 15 heavy (non-hydrogen) atoms. The lowest BCUT2D eigenvalue weighted by Gasteiger charge is -2.12. The van der Waals surface area contributed by atoms with Gasteiger partial charge in [-0.1, -0.05) is 11.3 Å². The summed E-state index contributed by atoms with van der Waals surface area (Å²) in [5, 5.41) is 7.50. The molecule has 0 aliphatic heterocycles. The Hall–Kier alpha value is -2.04. The molecule has 0 aliphatic carbocycles. The van der Waals surface area contributed by atoms with Crippen molar-refractivity contribution in [1.82, 2.24) is 20.0 Å². The lowest BCUT2D eigenvalue weighted by molar-refractivity contribution is -0.119. The highest BCUT2D eigenvalue weighted by Gasteiger charge is 2.20. The Morgan fingerprint density at radius 1 is 1.40 bits per heavy atom. The van der Waals surface area contributed by atoms with Crippen LogP contribution in [-0.4, -0.2) is 25.8 Å². The molecule has 76 valence electrons. The fraction of sp³-hybridized carbons (Fsp3) is 0.200. The van der Waals surface area contributed by atoms with Crippen LogP contribution in [0.15, 0.2) is 36.8 Å². The summed E-state index contributed by atoms with van der Waals surface area (Å²) in [4.78, 5) is 15.7. The molecule has 0 spiro atoms. The molecule has 0 aromatic carbocycles. The van der Waals surface area contributed by atoms with E-state index in [1.807, 2.05) is 12.1 Å². The summed E-state index contributed by atoms with van der Waals surface area (Å²) in [6, 6.07) is 4.97. The van der Waals surface area contributed by atoms with E-state index in [0.717, 1.165) is 0 Å². The third-order valence-corrected chi connectivity index (χ3v) is 2.06. The molecule has 0 bridgehead atoms. The molecule has 2 heterocycles. The van der Waals surface area contributed by atoms with E-state index in [1.54, 1.807) is 24.7 Å². The normalized spacial score (nSPS) is 12.3. The number of nitrogens with zero attached hydrogens (tertiary/aromatic N) is 4. The molecule has 2 aromatic heterocycles. The molecule has 0 N–H and O–H groups in total. The third kappa shape index (κ3) is 1.90. The van der Waals surface area contributed by atoms with E-state index in [0.29, 0.717) is 5.69 Å². The molecule has 0 fully saturated rings. The molecule has 1 unspecified atom stereocenters. The summed E-state index contributed by atoms with van der Waals surface area (Å²) >= 11 is 0. The molecule has 5 heteroatoms. The molecular weight excluding hydrogens is 192 g/mol. The molecule has 0 saturated heterocycles. The second kappa shape index (κ2) is 4.00. The van der Waals surface area contributed by atoms with Crippen LogP contribution in [0.5, 0.6) is 0 Å². The molecule has 0 amide bonds. The molecule has 0 radical (unpaired) electrons. The minimum absolute atomic E-state index is 0.0146. The van der Waals surface area contributed by atoms with Crippen LogP contribution in [0.25, 0.3) is 0 Å². The highest BCUT2D eigenvalue weighted by atomic mass is 16.1. The predicted molar refractivity (Wildman–Crippen MR) is 53.1 cm³/mol. The van der Waals surface area contributed by atoms with Crippen molar-refractivity contribution in [3.8, 4) is 0 Å². The Kier molecular flexibility index (Phi) is 2.53. The van der Waals surface area contributed by atoms with E-state index in [9.17, 15) is 4.79 Å². The van der Waals surface area contributed by atoms with Crippen LogP contribution < -0.4 is 0 Å². The Morgan fingerprint density at radius 3 is 2.80 bits per heavy atom. The number of Topliss-reactive ketones (excluding diaryl/α,β-unsaturated/α-hetero) is 1. The van der Waals surface area contributed by atoms with Crippen molar-refractivity contribution < 1.29 is 4.79 Å². The van der Waals surface area contributed by atoms with Crippen LogP contribution in [0.3, 0.4) is 0 Å². The zero-order chi connectivity index (χ0) is 10.7. The SMILES string of the molecule is CC(=O)C(c1ccccn1)n1ccnn1. The van der Waals surface area contributed by atoms with Crippen molar-refractivity contribution >= 4 is 5.78 Å². The van der Waals surface area contributed by atoms with E-state index in [-0.39, 0.29) is 5.78 Å². The molecule has 0 saturated carbocycles. The third-order valence-electron chi connectivity index (χ3n) is 2.06. The van der Waals surface area contributed by atoms with Crippen LogP contribution in [0.2, 0.25) is 0 Å². The van der Waals surface area contributed by atoms with Gasteiger partial charge >= 0.3 is 0 Å². The zero-order valence-electron chi connectivity index (χ0n) is 8.24. The van der Waals surface area contributed by atoms with Crippen molar-refractivity contribution in [2.24, 2.45) is 0 Å². The fourth-order valence-corrected chi connectivity index (χ4v) is 1.42. The molecule has 0 aliphatic rings. The van der Waals surface area contributed by atoms with Gasteiger partial charge in [-0.2, -0.15) is 0 Å². The highest BCUT2D eigenvalue weighted by Crippen LogP contribution is 2.14. The van der Waals surface area contributed by atoms with Gasteiger partial charge in [0, 0.05) is 12.4 Å². The van der Waals surface area contributed by atoms with Gasteiger partial charge < -0.3 is 0 Å². The van der Waals surface area contributed by atoms with Gasteiger partial charge in [-0.25, -0.2) is 4.68 Å². The number of carbonyl (C=O) groups is 1. The average Bonchev–Trinajstić information content (AvgIpc) is 2.72. The van der Waals surface area contributed by atoms with E-state index in [2.05, 4.69) is 15.3 Å². The molecule has 1 atom stereocenters. The Balaban J connectivity index is 2.42. The van der Waals surface area contributed by atoms with Crippen molar-refractivity contribution in [3.05, 3.63) is 42.5 Å². The fourth-order valence-electron chi connectivity index (χ4n) is 1.42. The van der Waals surface area contributed by atoms with Crippen molar-refractivity contribution in [2.45, 2.75) is 13.0 Å². The quantitative estimate of drug-likeness (QED) is 0.740. The van der Waals surface area contributed by atoms with E-state index in [4.69, 9.17) is 0 Å². The lowest BCUT2D eigenvalue weighted by atomic mass is 10.1. The predicted octanol–water partition coefficient (Wildman–Crippen LogP) is 0.851. The minimum atomic E-state index is -0.478. The first kappa shape index (κ1) is 9.51. The Morgan fingerprint density at radius 2 is 2.27 bits per heavy atom. The summed E-state index contributed by atoms with van der Waals surface area (Å²) in [5.74, 6) is -0.0146. The monoisotopic (exact) mass is 202 g/mol. The summed E-state index contributed by atoms with van der Waals surface area (Å²) in [6.07, 6.45) is 4.85. The van der Waals surface area contributed by atoms with Gasteiger partial charge in [0.05, 0.1) is 11.9 Å². The first-order valence-electron chi connectivity index (χ1n) is 4.56. The van der Waals surface area contributed by atoms with Gasteiger partial charge in [0.15, 0.2) is 11.8 Å². The van der Waals surface area contributed by atoms with Crippen LogP contribution in [-0.2, 0) is 4.79 Å². The second-order valence-electron chi connectivity index (χ2n) is 3.15. The van der Waals surface area contributed by atoms with Gasteiger partial charge in [-0.05, 0) is 19.1 Å². The zero-order valence-corrected chi connectivity index (χ0v) is 8.24. The highest BCUT2D eigenvalue weighted by molar-refractivity contribution is 5.82. The standard InChI is InChI=1S/C10H10N4O/c1-8(15)10(14-7-6-12-13-14)9-4-2-3-5-11-9/h2-7,10H,1H3. The molecule has 2 aromatic rings. The van der Waals surface area contributed by atoms with Crippen LogP contribution >= 0.6 is 0 Å². The summed E-state index contributed by atoms with van der Waals surface area (Å²) in [6.45, 7) is 1.51. The van der Waals surface area contributed by atoms with E-state index >= 15 is 0 Å². The van der Waals surface area contributed by atoms with Crippen LogP contribution in [0.4, 0.5) is 0 Å². The number of ketones is 1. The first-order valence-corrected chi connectivity index (χ1v) is 4.56. The maximum atomic E-state index is 11.5. The van der Waals surface area contributed by atoms with Gasteiger partial charge in [-0.15, -0.1) is 5.10 Å². The smallest absolute Gasteiger partial charge is 0.160 e. The number of rotatable bonds is 3. The number of carbonyl (C=O) groups excluding carboxylic acids is 1. The summed E-state index contributed by atoms with van der Waals surface area (Å²) in [5.41, 5.74) is 0.676. The van der Waals surface area contributed by atoms with Crippen LogP contribution in [0, 0.1) is 0 Å². The maximum absolute atomic E-state index is 11.5. The van der Waals surface area contributed by atoms with Gasteiger partial charge in [0.1, 0.15) is 0 Å². The summed E-state index contributed by atoms with van der Waals surface area (Å²) in [7, 11) is 0. The molecular formula is C10H10N4O. The van der Waals surface area contributed by atoms with Crippen molar-refractivity contribution in [1.29, 1.82) is 0 Å². The number of hydrogen-bond donors (Lipinski definition) is 0. The van der Waals surface area contributed by atoms with Crippen molar-refractivity contribution in [3.63, 3.8) is 0 Å². The summed E-state index contributed by atoms with van der Waals surface area (Å²) < 4.78 is 1.50. The first-order chi connectivity index (χ1) is 7.29. The minimum Gasteiger partial charge on any atom is -0.297 e. The van der Waals surface area contributed by atoms with Gasteiger partial charge in [0.2, 0.25) is 0 Å². The second-order valence-corrected chi connectivity index (χ2v) is 3.15. The largest absolute Gasteiger partial charge is 0.297 e. The average molecular weight is 202 g/mol. The number of pyridine rings is 1. The topological polar surface area (TPSA) is 60.7 Å².